The van der Waals surface area contributed by atoms with Crippen molar-refractivity contribution in [3.05, 3.63) is 47.5 Å². The van der Waals surface area contributed by atoms with Gasteiger partial charge in [-0.15, -0.1) is 0 Å². The van der Waals surface area contributed by atoms with E-state index in [0.29, 0.717) is 42.6 Å². The Bertz CT molecular complexity index is 959. The van der Waals surface area contributed by atoms with Crippen molar-refractivity contribution in [1.29, 1.82) is 0 Å². The molecular formula is C21H22ClN3O4. The maximum atomic E-state index is 13.2. The molecule has 0 aromatic heterocycles. The first-order valence-corrected chi connectivity index (χ1v) is 9.77. The molecule has 0 aliphatic carbocycles. The maximum absolute atomic E-state index is 13.2. The molecule has 8 heteroatoms. The molecule has 1 unspecified atom stereocenters. The van der Waals surface area contributed by atoms with E-state index in [9.17, 15) is 9.59 Å². The lowest BCUT2D eigenvalue weighted by Crippen LogP contribution is -2.62. The lowest BCUT2D eigenvalue weighted by atomic mass is 10.00. The van der Waals surface area contributed by atoms with E-state index in [0.717, 1.165) is 11.4 Å². The zero-order chi connectivity index (χ0) is 20.6. The Balaban J connectivity index is 1.48. The monoisotopic (exact) mass is 415 g/mol. The topological polar surface area (TPSA) is 71.1 Å². The molecule has 0 spiro atoms. The molecule has 1 saturated heterocycles. The van der Waals surface area contributed by atoms with Crippen LogP contribution >= 0.6 is 11.6 Å². The van der Waals surface area contributed by atoms with Gasteiger partial charge in [-0.05, 0) is 37.3 Å². The van der Waals surface area contributed by atoms with E-state index in [2.05, 4.69) is 10.2 Å². The van der Waals surface area contributed by atoms with Gasteiger partial charge in [-0.2, -0.15) is 0 Å². The van der Waals surface area contributed by atoms with Crippen LogP contribution in [0.4, 0.5) is 11.4 Å². The normalized spacial score (nSPS) is 21.1. The third-order valence-electron chi connectivity index (χ3n) is 5.34. The number of nitrogens with zero attached hydrogens (tertiary/aromatic N) is 2. The molecule has 2 heterocycles. The summed E-state index contributed by atoms with van der Waals surface area (Å²) in [6.07, 6.45) is 0. The van der Waals surface area contributed by atoms with E-state index < -0.39 is 11.5 Å². The number of para-hydroxylation sites is 2. The SMILES string of the molecule is COc1ccccc1N1CCN(C(=O)C2(C)Oc3ccc(Cl)cc3NC2=O)CC1. The first-order valence-electron chi connectivity index (χ1n) is 9.40. The molecule has 0 bridgehead atoms. The van der Waals surface area contributed by atoms with E-state index >= 15 is 0 Å². The minimum Gasteiger partial charge on any atom is -0.495 e. The van der Waals surface area contributed by atoms with E-state index in [4.69, 9.17) is 21.1 Å². The van der Waals surface area contributed by atoms with Gasteiger partial charge in [0.1, 0.15) is 11.5 Å². The predicted molar refractivity (Wildman–Crippen MR) is 111 cm³/mol. The summed E-state index contributed by atoms with van der Waals surface area (Å²) in [5, 5.41) is 3.22. The van der Waals surface area contributed by atoms with Crippen LogP contribution < -0.4 is 19.7 Å². The molecule has 2 amide bonds. The summed E-state index contributed by atoms with van der Waals surface area (Å²) < 4.78 is 11.3. The summed E-state index contributed by atoms with van der Waals surface area (Å²) in [4.78, 5) is 29.7. The van der Waals surface area contributed by atoms with Crippen molar-refractivity contribution in [2.75, 3.05) is 43.5 Å². The molecule has 2 aromatic carbocycles. The first-order chi connectivity index (χ1) is 13.9. The lowest BCUT2D eigenvalue weighted by Gasteiger charge is -2.41. The van der Waals surface area contributed by atoms with Crippen LogP contribution in [-0.4, -0.2) is 55.6 Å². The van der Waals surface area contributed by atoms with Gasteiger partial charge in [-0.25, -0.2) is 0 Å². The highest BCUT2D eigenvalue weighted by Gasteiger charge is 2.49. The number of rotatable bonds is 3. The molecule has 4 rings (SSSR count). The molecule has 29 heavy (non-hydrogen) atoms. The van der Waals surface area contributed by atoms with Gasteiger partial charge < -0.3 is 24.6 Å². The number of anilines is 2. The molecule has 1 fully saturated rings. The third-order valence-corrected chi connectivity index (χ3v) is 5.57. The van der Waals surface area contributed by atoms with Crippen molar-refractivity contribution in [2.24, 2.45) is 0 Å². The Morgan fingerprint density at radius 3 is 2.62 bits per heavy atom. The fraction of sp³-hybridized carbons (Fsp3) is 0.333. The Hall–Kier alpha value is -2.93. The number of amides is 2. The number of benzene rings is 2. The molecule has 2 aromatic rings. The smallest absolute Gasteiger partial charge is 0.278 e. The molecule has 1 atom stereocenters. The number of piperazine rings is 1. The highest BCUT2D eigenvalue weighted by atomic mass is 35.5. The first kappa shape index (κ1) is 19.4. The number of hydrogen-bond donors (Lipinski definition) is 1. The van der Waals surface area contributed by atoms with E-state index in [-0.39, 0.29) is 5.91 Å². The van der Waals surface area contributed by atoms with Crippen molar-refractivity contribution >= 4 is 34.8 Å². The van der Waals surface area contributed by atoms with Gasteiger partial charge in [0.05, 0.1) is 18.5 Å². The van der Waals surface area contributed by atoms with Crippen LogP contribution in [0.25, 0.3) is 0 Å². The van der Waals surface area contributed by atoms with Crippen LogP contribution in [0.15, 0.2) is 42.5 Å². The van der Waals surface area contributed by atoms with Crippen LogP contribution in [0.5, 0.6) is 11.5 Å². The molecule has 0 saturated carbocycles. The minimum atomic E-state index is -1.62. The molecule has 2 aliphatic rings. The fourth-order valence-corrected chi connectivity index (χ4v) is 3.85. The van der Waals surface area contributed by atoms with Crippen LogP contribution in [0.2, 0.25) is 5.02 Å². The second-order valence-electron chi connectivity index (χ2n) is 7.18. The Kier molecular flexibility index (Phi) is 5.00. The summed E-state index contributed by atoms with van der Waals surface area (Å²) in [6.45, 7) is 3.74. The van der Waals surface area contributed by atoms with Crippen LogP contribution in [-0.2, 0) is 9.59 Å². The number of methoxy groups -OCH3 is 1. The number of halogens is 1. The summed E-state index contributed by atoms with van der Waals surface area (Å²) in [5.41, 5.74) is -0.160. The molecule has 0 radical (unpaired) electrons. The standard InChI is InChI=1S/C21H22ClN3O4/c1-21(19(26)23-15-13-14(22)7-8-17(15)29-21)20(27)25-11-9-24(10-12-25)16-5-3-4-6-18(16)28-2/h3-8,13H,9-12H2,1-2H3,(H,23,26). The second-order valence-corrected chi connectivity index (χ2v) is 7.62. The molecule has 7 nitrogen and oxygen atoms in total. The summed E-state index contributed by atoms with van der Waals surface area (Å²) >= 11 is 5.97. The average Bonchev–Trinajstić information content (AvgIpc) is 2.74. The fourth-order valence-electron chi connectivity index (χ4n) is 3.68. The molecule has 1 N–H and O–H groups in total. The van der Waals surface area contributed by atoms with Gasteiger partial charge in [0.2, 0.25) is 0 Å². The number of hydrogen-bond acceptors (Lipinski definition) is 5. The molecule has 2 aliphatic heterocycles. The van der Waals surface area contributed by atoms with E-state index in [1.165, 1.54) is 6.92 Å². The average molecular weight is 416 g/mol. The van der Waals surface area contributed by atoms with Crippen LogP contribution in [0, 0.1) is 0 Å². The van der Waals surface area contributed by atoms with Gasteiger partial charge in [0, 0.05) is 31.2 Å². The number of carbonyl (C=O) groups excluding carboxylic acids is 2. The number of carbonyl (C=O) groups is 2. The lowest BCUT2D eigenvalue weighted by molar-refractivity contribution is -0.154. The maximum Gasteiger partial charge on any atom is 0.278 e. The van der Waals surface area contributed by atoms with Gasteiger partial charge in [-0.3, -0.25) is 9.59 Å². The third kappa shape index (κ3) is 3.46. The minimum absolute atomic E-state index is 0.352. The van der Waals surface area contributed by atoms with Gasteiger partial charge >= 0.3 is 0 Å². The Morgan fingerprint density at radius 1 is 1.17 bits per heavy atom. The highest BCUT2D eigenvalue weighted by molar-refractivity contribution is 6.31. The largest absolute Gasteiger partial charge is 0.495 e. The van der Waals surface area contributed by atoms with Crippen molar-refractivity contribution in [3.8, 4) is 11.5 Å². The number of fused-ring (bicyclic) bond motifs is 1. The molecule has 152 valence electrons. The predicted octanol–water partition coefficient (Wildman–Crippen LogP) is 2.79. The van der Waals surface area contributed by atoms with Crippen LogP contribution in [0.1, 0.15) is 6.92 Å². The summed E-state index contributed by atoms with van der Waals surface area (Å²) in [7, 11) is 1.64. The zero-order valence-corrected chi connectivity index (χ0v) is 17.0. The summed E-state index contributed by atoms with van der Waals surface area (Å²) in [5.74, 6) is 0.377. The van der Waals surface area contributed by atoms with Crippen molar-refractivity contribution in [3.63, 3.8) is 0 Å². The van der Waals surface area contributed by atoms with Gasteiger partial charge in [0.15, 0.2) is 0 Å². The van der Waals surface area contributed by atoms with Crippen molar-refractivity contribution < 1.29 is 19.1 Å². The second kappa shape index (κ2) is 7.48. The van der Waals surface area contributed by atoms with Gasteiger partial charge in [0.25, 0.3) is 17.4 Å². The van der Waals surface area contributed by atoms with Crippen molar-refractivity contribution in [1.82, 2.24) is 4.90 Å². The Morgan fingerprint density at radius 2 is 1.90 bits per heavy atom. The molecular weight excluding hydrogens is 394 g/mol. The summed E-state index contributed by atoms with van der Waals surface area (Å²) in [6, 6.07) is 12.7. The quantitative estimate of drug-likeness (QED) is 0.780. The van der Waals surface area contributed by atoms with Crippen LogP contribution in [0.3, 0.4) is 0 Å². The van der Waals surface area contributed by atoms with E-state index in [1.54, 1.807) is 30.2 Å². The van der Waals surface area contributed by atoms with E-state index in [1.807, 2.05) is 24.3 Å². The van der Waals surface area contributed by atoms with Gasteiger partial charge in [-0.1, -0.05) is 23.7 Å². The highest BCUT2D eigenvalue weighted by Crippen LogP contribution is 2.36. The Labute approximate surface area is 174 Å². The zero-order valence-electron chi connectivity index (χ0n) is 16.3. The van der Waals surface area contributed by atoms with Crippen molar-refractivity contribution in [2.45, 2.75) is 12.5 Å². The number of ether oxygens (including phenoxy) is 2. The number of nitrogens with one attached hydrogen (secondary N) is 1.